The number of nitro benzene ring substituents is 1. The van der Waals surface area contributed by atoms with Crippen molar-refractivity contribution in [3.05, 3.63) is 58.1 Å². The van der Waals surface area contributed by atoms with Gasteiger partial charge in [-0.15, -0.1) is 0 Å². The van der Waals surface area contributed by atoms with Crippen LogP contribution in [0.3, 0.4) is 0 Å². The number of ether oxygens (including phenoxy) is 2. The summed E-state index contributed by atoms with van der Waals surface area (Å²) in [6.07, 6.45) is -0.292. The van der Waals surface area contributed by atoms with Gasteiger partial charge in [0.25, 0.3) is 11.6 Å². The van der Waals surface area contributed by atoms with E-state index in [1.807, 2.05) is 6.92 Å². The molecule has 0 saturated heterocycles. The minimum absolute atomic E-state index is 0.0148. The largest absolute Gasteiger partial charge is 0.494 e. The van der Waals surface area contributed by atoms with Crippen molar-refractivity contribution in [1.29, 1.82) is 0 Å². The molecule has 0 unspecified atom stereocenters. The van der Waals surface area contributed by atoms with Crippen LogP contribution < -0.4 is 14.8 Å². The number of amides is 1. The number of nitro groups is 1. The second kappa shape index (κ2) is 11.2. The lowest BCUT2D eigenvalue weighted by molar-refractivity contribution is -0.384. The van der Waals surface area contributed by atoms with Crippen molar-refractivity contribution in [3.63, 3.8) is 0 Å². The number of carbonyl (C=O) groups excluding carboxylic acids is 2. The first kappa shape index (κ1) is 24.8. The molecule has 0 atom stereocenters. The molecule has 172 valence electrons. The van der Waals surface area contributed by atoms with Crippen LogP contribution in [0.1, 0.15) is 18.9 Å². The average Bonchev–Trinajstić information content (AvgIpc) is 2.74. The highest BCUT2D eigenvalue weighted by Crippen LogP contribution is 2.21. The van der Waals surface area contributed by atoms with Gasteiger partial charge < -0.3 is 14.8 Å². The molecule has 0 heterocycles. The van der Waals surface area contributed by atoms with Crippen molar-refractivity contribution in [3.8, 4) is 5.75 Å². The SMILES string of the molecule is CCOc1ccc(S(=O)(=O)NCCC(=O)OCC(=O)Nc2cc([N+](=O)[O-])ccc2C)cc1. The zero-order chi connectivity index (χ0) is 23.7. The topological polar surface area (TPSA) is 154 Å². The smallest absolute Gasteiger partial charge is 0.307 e. The third-order valence-corrected chi connectivity index (χ3v) is 5.61. The van der Waals surface area contributed by atoms with E-state index in [9.17, 15) is 28.1 Å². The molecular formula is C20H23N3O8S. The van der Waals surface area contributed by atoms with Gasteiger partial charge in [0.15, 0.2) is 6.61 Å². The molecule has 2 rings (SSSR count). The van der Waals surface area contributed by atoms with Crippen LogP contribution in [0.2, 0.25) is 0 Å². The number of hydrogen-bond acceptors (Lipinski definition) is 8. The molecule has 12 heteroatoms. The number of non-ortho nitro benzene ring substituents is 1. The normalized spacial score (nSPS) is 10.9. The molecule has 0 fully saturated rings. The van der Waals surface area contributed by atoms with Crippen molar-refractivity contribution in [2.24, 2.45) is 0 Å². The highest BCUT2D eigenvalue weighted by atomic mass is 32.2. The number of hydrogen-bond donors (Lipinski definition) is 2. The summed E-state index contributed by atoms with van der Waals surface area (Å²) in [5, 5.41) is 13.3. The molecule has 0 saturated carbocycles. The summed E-state index contributed by atoms with van der Waals surface area (Å²) in [6.45, 7) is 3.08. The van der Waals surface area contributed by atoms with Gasteiger partial charge >= 0.3 is 5.97 Å². The summed E-state index contributed by atoms with van der Waals surface area (Å²) < 4.78 is 36.8. The molecule has 0 spiro atoms. The Hall–Kier alpha value is -3.51. The van der Waals surface area contributed by atoms with Crippen LogP contribution in [-0.2, 0) is 24.3 Å². The van der Waals surface area contributed by atoms with Crippen LogP contribution in [0.4, 0.5) is 11.4 Å². The Morgan fingerprint density at radius 3 is 2.44 bits per heavy atom. The molecule has 0 aromatic heterocycles. The summed E-state index contributed by atoms with van der Waals surface area (Å²) >= 11 is 0. The minimum atomic E-state index is -3.82. The number of carbonyl (C=O) groups is 2. The average molecular weight is 465 g/mol. The van der Waals surface area contributed by atoms with Gasteiger partial charge in [0.2, 0.25) is 10.0 Å². The molecule has 2 aromatic carbocycles. The molecule has 0 aliphatic rings. The lowest BCUT2D eigenvalue weighted by atomic mass is 10.2. The fourth-order valence-electron chi connectivity index (χ4n) is 2.52. The molecule has 1 amide bonds. The molecular weight excluding hydrogens is 442 g/mol. The highest BCUT2D eigenvalue weighted by Gasteiger charge is 2.16. The number of anilines is 1. The van der Waals surface area contributed by atoms with E-state index in [-0.39, 0.29) is 29.2 Å². The van der Waals surface area contributed by atoms with Gasteiger partial charge in [-0.2, -0.15) is 0 Å². The Labute approximate surface area is 184 Å². The van der Waals surface area contributed by atoms with E-state index in [2.05, 4.69) is 10.0 Å². The fourth-order valence-corrected chi connectivity index (χ4v) is 3.55. The Bertz CT molecular complexity index is 1080. The van der Waals surface area contributed by atoms with E-state index < -0.39 is 33.4 Å². The van der Waals surface area contributed by atoms with Gasteiger partial charge in [0, 0.05) is 18.7 Å². The lowest BCUT2D eigenvalue weighted by Gasteiger charge is -2.10. The number of nitrogens with one attached hydrogen (secondary N) is 2. The summed E-state index contributed by atoms with van der Waals surface area (Å²) in [7, 11) is -3.82. The lowest BCUT2D eigenvalue weighted by Crippen LogP contribution is -2.28. The predicted octanol–water partition coefficient (Wildman–Crippen LogP) is 2.15. The van der Waals surface area contributed by atoms with Gasteiger partial charge in [-0.1, -0.05) is 6.07 Å². The summed E-state index contributed by atoms with van der Waals surface area (Å²) in [5.74, 6) is -0.934. The van der Waals surface area contributed by atoms with Gasteiger partial charge in [-0.05, 0) is 43.7 Å². The molecule has 0 radical (unpaired) electrons. The van der Waals surface area contributed by atoms with E-state index in [0.717, 1.165) is 0 Å². The third kappa shape index (κ3) is 7.32. The van der Waals surface area contributed by atoms with E-state index in [1.54, 1.807) is 6.92 Å². The van der Waals surface area contributed by atoms with Crippen molar-refractivity contribution in [1.82, 2.24) is 4.72 Å². The van der Waals surface area contributed by atoms with E-state index >= 15 is 0 Å². The molecule has 2 aromatic rings. The van der Waals surface area contributed by atoms with E-state index in [0.29, 0.717) is 17.9 Å². The second-order valence-electron chi connectivity index (χ2n) is 6.52. The summed E-state index contributed by atoms with van der Waals surface area (Å²) in [6, 6.07) is 9.79. The molecule has 0 aliphatic heterocycles. The second-order valence-corrected chi connectivity index (χ2v) is 8.28. The summed E-state index contributed by atoms with van der Waals surface area (Å²) in [5.41, 5.74) is 0.630. The fraction of sp³-hybridized carbons (Fsp3) is 0.300. The summed E-state index contributed by atoms with van der Waals surface area (Å²) in [4.78, 5) is 34.0. The number of rotatable bonds is 11. The first-order valence-electron chi connectivity index (χ1n) is 9.55. The number of esters is 1. The monoisotopic (exact) mass is 465 g/mol. The third-order valence-electron chi connectivity index (χ3n) is 4.14. The quantitative estimate of drug-likeness (QED) is 0.291. The van der Waals surface area contributed by atoms with Crippen molar-refractivity contribution < 1.29 is 32.4 Å². The Kier molecular flexibility index (Phi) is 8.67. The number of benzene rings is 2. The van der Waals surface area contributed by atoms with Gasteiger partial charge in [0.05, 0.1) is 28.5 Å². The van der Waals surface area contributed by atoms with Crippen LogP contribution in [0.15, 0.2) is 47.4 Å². The Morgan fingerprint density at radius 2 is 1.81 bits per heavy atom. The molecule has 0 bridgehead atoms. The Morgan fingerprint density at radius 1 is 1.12 bits per heavy atom. The minimum Gasteiger partial charge on any atom is -0.494 e. The van der Waals surface area contributed by atoms with Gasteiger partial charge in [-0.3, -0.25) is 19.7 Å². The predicted molar refractivity (Wildman–Crippen MR) is 115 cm³/mol. The van der Waals surface area contributed by atoms with Crippen molar-refractivity contribution in [2.75, 3.05) is 25.1 Å². The van der Waals surface area contributed by atoms with Gasteiger partial charge in [-0.25, -0.2) is 13.1 Å². The zero-order valence-corrected chi connectivity index (χ0v) is 18.3. The maximum atomic E-state index is 12.2. The molecule has 0 aliphatic carbocycles. The Balaban J connectivity index is 1.79. The number of nitrogens with zero attached hydrogens (tertiary/aromatic N) is 1. The number of aryl methyl sites for hydroxylation is 1. The molecule has 32 heavy (non-hydrogen) atoms. The molecule has 11 nitrogen and oxygen atoms in total. The van der Waals surface area contributed by atoms with Crippen molar-refractivity contribution >= 4 is 33.3 Å². The first-order chi connectivity index (χ1) is 15.1. The molecule has 2 N–H and O–H groups in total. The zero-order valence-electron chi connectivity index (χ0n) is 17.5. The van der Waals surface area contributed by atoms with Crippen LogP contribution in [0.5, 0.6) is 5.75 Å². The van der Waals surface area contributed by atoms with Crippen LogP contribution in [0.25, 0.3) is 0 Å². The van der Waals surface area contributed by atoms with Crippen LogP contribution in [-0.4, -0.2) is 45.0 Å². The van der Waals surface area contributed by atoms with E-state index in [4.69, 9.17) is 9.47 Å². The van der Waals surface area contributed by atoms with Crippen LogP contribution >= 0.6 is 0 Å². The first-order valence-corrected chi connectivity index (χ1v) is 11.0. The standard InChI is InChI=1S/C20H23N3O8S/c1-3-30-16-6-8-17(9-7-16)32(28,29)21-11-10-20(25)31-13-19(24)22-18-12-15(23(26)27)5-4-14(18)2/h4-9,12,21H,3,10-11,13H2,1-2H3,(H,22,24). The van der Waals surface area contributed by atoms with Crippen LogP contribution in [0, 0.1) is 17.0 Å². The van der Waals surface area contributed by atoms with E-state index in [1.165, 1.54) is 42.5 Å². The maximum Gasteiger partial charge on any atom is 0.307 e. The number of sulfonamides is 1. The maximum absolute atomic E-state index is 12.2. The van der Waals surface area contributed by atoms with Gasteiger partial charge in [0.1, 0.15) is 5.75 Å². The van der Waals surface area contributed by atoms with Crippen molar-refractivity contribution in [2.45, 2.75) is 25.2 Å². The highest BCUT2D eigenvalue weighted by molar-refractivity contribution is 7.89.